The third-order valence-electron chi connectivity index (χ3n) is 4.85. The van der Waals surface area contributed by atoms with Gasteiger partial charge in [-0.05, 0) is 44.9 Å². The molecule has 0 spiro atoms. The fraction of sp³-hybridized carbons (Fsp3) is 0.316. The van der Waals surface area contributed by atoms with E-state index in [9.17, 15) is 17.2 Å². The number of hydrogen-bond acceptors (Lipinski definition) is 6. The van der Waals surface area contributed by atoms with Gasteiger partial charge in [-0.25, -0.2) is 27.2 Å². The second-order valence-corrected chi connectivity index (χ2v) is 8.79. The number of aryl methyl sites for hydroxylation is 2. The second kappa shape index (κ2) is 7.27. The highest BCUT2D eigenvalue weighted by Crippen LogP contribution is 2.39. The molecule has 3 aromatic rings. The molecule has 3 heterocycles. The van der Waals surface area contributed by atoms with Crippen molar-refractivity contribution >= 4 is 10.0 Å². The van der Waals surface area contributed by atoms with Crippen molar-refractivity contribution < 1.29 is 21.7 Å². The van der Waals surface area contributed by atoms with Crippen LogP contribution in [0.25, 0.3) is 11.3 Å². The maximum atomic E-state index is 13.7. The summed E-state index contributed by atoms with van der Waals surface area (Å²) in [7, 11) is -4.06. The Kier molecular flexibility index (Phi) is 4.91. The first-order chi connectivity index (χ1) is 13.8. The van der Waals surface area contributed by atoms with Crippen LogP contribution in [0.3, 0.4) is 0 Å². The Morgan fingerprint density at radius 1 is 1.17 bits per heavy atom. The van der Waals surface area contributed by atoms with Gasteiger partial charge in [0.25, 0.3) is 0 Å². The summed E-state index contributed by atoms with van der Waals surface area (Å²) in [4.78, 5) is 8.40. The topological polar surface area (TPSA) is 89.2 Å². The zero-order chi connectivity index (χ0) is 20.8. The summed E-state index contributed by atoms with van der Waals surface area (Å²) >= 11 is 0. The van der Waals surface area contributed by atoms with E-state index in [-0.39, 0.29) is 11.4 Å². The second-order valence-electron chi connectivity index (χ2n) is 6.90. The van der Waals surface area contributed by atoms with Crippen molar-refractivity contribution in [2.45, 2.75) is 37.6 Å². The van der Waals surface area contributed by atoms with Gasteiger partial charge < -0.3 is 4.52 Å². The maximum absolute atomic E-state index is 13.7. The van der Waals surface area contributed by atoms with Gasteiger partial charge in [0.05, 0.1) is 27.9 Å². The number of aromatic nitrogens is 3. The number of hydrogen-bond donors (Lipinski definition) is 0. The summed E-state index contributed by atoms with van der Waals surface area (Å²) in [6.07, 6.45) is 2.71. The lowest BCUT2D eigenvalue weighted by Gasteiger charge is -2.25. The molecule has 0 unspecified atom stereocenters. The highest BCUT2D eigenvalue weighted by Gasteiger charge is 2.39. The van der Waals surface area contributed by atoms with Crippen molar-refractivity contribution in [3.05, 3.63) is 59.3 Å². The van der Waals surface area contributed by atoms with Crippen LogP contribution in [0.5, 0.6) is 0 Å². The molecular weight excluding hydrogens is 402 g/mol. The van der Waals surface area contributed by atoms with E-state index in [4.69, 9.17) is 4.52 Å². The monoisotopic (exact) mass is 420 g/mol. The molecule has 0 aliphatic carbocycles. The number of sulfonamides is 1. The van der Waals surface area contributed by atoms with Gasteiger partial charge >= 0.3 is 0 Å². The first-order valence-corrected chi connectivity index (χ1v) is 10.5. The van der Waals surface area contributed by atoms with Gasteiger partial charge in [0.15, 0.2) is 17.4 Å². The number of halogens is 2. The van der Waals surface area contributed by atoms with Crippen LogP contribution in [-0.2, 0) is 10.0 Å². The summed E-state index contributed by atoms with van der Waals surface area (Å²) in [5.41, 5.74) is 1.72. The fourth-order valence-corrected chi connectivity index (χ4v) is 5.17. The zero-order valence-corrected chi connectivity index (χ0v) is 16.6. The molecule has 29 heavy (non-hydrogen) atoms. The summed E-state index contributed by atoms with van der Waals surface area (Å²) in [6, 6.07) is 3.71. The average Bonchev–Trinajstić information content (AvgIpc) is 3.33. The molecule has 7 nitrogen and oxygen atoms in total. The SMILES string of the molecule is Cc1cc(-c2cnc(C)nc2[C@H]2CCCN2S(=O)(=O)c2ccc(F)c(F)c2)on1. The molecule has 0 saturated carbocycles. The first-order valence-electron chi connectivity index (χ1n) is 9.01. The van der Waals surface area contributed by atoms with Crippen LogP contribution in [0.15, 0.2) is 39.9 Å². The minimum Gasteiger partial charge on any atom is -0.356 e. The molecule has 4 rings (SSSR count). The highest BCUT2D eigenvalue weighted by molar-refractivity contribution is 7.89. The van der Waals surface area contributed by atoms with Gasteiger partial charge in [0.2, 0.25) is 10.0 Å². The van der Waals surface area contributed by atoms with Crippen molar-refractivity contribution in [2.75, 3.05) is 6.54 Å². The molecule has 1 aliphatic heterocycles. The van der Waals surface area contributed by atoms with Crippen LogP contribution in [0.4, 0.5) is 8.78 Å². The number of rotatable bonds is 4. The third kappa shape index (κ3) is 3.53. The van der Waals surface area contributed by atoms with Crippen molar-refractivity contribution in [1.82, 2.24) is 19.4 Å². The molecule has 10 heteroatoms. The predicted molar refractivity (Wildman–Crippen MR) is 99.2 cm³/mol. The van der Waals surface area contributed by atoms with E-state index in [1.54, 1.807) is 26.1 Å². The molecule has 0 bridgehead atoms. The normalized spacial score (nSPS) is 17.7. The molecule has 1 atom stereocenters. The summed E-state index contributed by atoms with van der Waals surface area (Å²) in [5.74, 6) is -1.39. The van der Waals surface area contributed by atoms with Gasteiger partial charge in [-0.1, -0.05) is 5.16 Å². The molecule has 1 aromatic carbocycles. The van der Waals surface area contributed by atoms with Gasteiger partial charge in [-0.2, -0.15) is 4.31 Å². The Morgan fingerprint density at radius 3 is 2.66 bits per heavy atom. The number of benzene rings is 1. The molecule has 1 fully saturated rings. The average molecular weight is 420 g/mol. The molecule has 152 valence electrons. The summed E-state index contributed by atoms with van der Waals surface area (Å²) < 4.78 is 59.9. The standard InChI is InChI=1S/C19H18F2N4O3S/c1-11-8-18(28-24-11)14-10-22-12(2)23-19(14)17-4-3-7-25(17)29(26,27)13-5-6-15(20)16(21)9-13/h5-6,8-10,17H,3-4,7H2,1-2H3/t17-/m1/s1. The molecule has 1 saturated heterocycles. The minimum absolute atomic E-state index is 0.240. The van der Waals surface area contributed by atoms with Crippen molar-refractivity contribution in [3.8, 4) is 11.3 Å². The van der Waals surface area contributed by atoms with Crippen LogP contribution in [-0.4, -0.2) is 34.4 Å². The Morgan fingerprint density at radius 2 is 1.97 bits per heavy atom. The third-order valence-corrected chi connectivity index (χ3v) is 6.75. The largest absolute Gasteiger partial charge is 0.356 e. The van der Waals surface area contributed by atoms with E-state index in [0.29, 0.717) is 47.4 Å². The first kappa shape index (κ1) is 19.6. The summed E-state index contributed by atoms with van der Waals surface area (Å²) in [5, 5.41) is 3.88. The molecule has 0 radical (unpaired) electrons. The van der Waals surface area contributed by atoms with Crippen LogP contribution < -0.4 is 0 Å². The Bertz CT molecular complexity index is 1180. The maximum Gasteiger partial charge on any atom is 0.243 e. The van der Waals surface area contributed by atoms with Gasteiger partial charge in [-0.3, -0.25) is 0 Å². The van der Waals surface area contributed by atoms with Crippen LogP contribution in [0.1, 0.15) is 36.1 Å². The van der Waals surface area contributed by atoms with Gasteiger partial charge in [0.1, 0.15) is 5.82 Å². The smallest absolute Gasteiger partial charge is 0.243 e. The van der Waals surface area contributed by atoms with E-state index in [1.807, 2.05) is 0 Å². The van der Waals surface area contributed by atoms with Crippen molar-refractivity contribution in [1.29, 1.82) is 0 Å². The highest BCUT2D eigenvalue weighted by atomic mass is 32.2. The minimum atomic E-state index is -4.06. The molecule has 2 aromatic heterocycles. The Hall–Kier alpha value is -2.72. The van der Waals surface area contributed by atoms with Crippen LogP contribution in [0.2, 0.25) is 0 Å². The Balaban J connectivity index is 1.79. The van der Waals surface area contributed by atoms with E-state index in [1.165, 1.54) is 4.31 Å². The summed E-state index contributed by atoms with van der Waals surface area (Å²) in [6.45, 7) is 3.73. The van der Waals surface area contributed by atoms with E-state index in [2.05, 4.69) is 15.1 Å². The molecule has 0 N–H and O–H groups in total. The molecular formula is C19H18F2N4O3S. The fourth-order valence-electron chi connectivity index (χ4n) is 3.50. The zero-order valence-electron chi connectivity index (χ0n) is 15.8. The Labute approximate surface area is 166 Å². The quantitative estimate of drug-likeness (QED) is 0.641. The lowest BCUT2D eigenvalue weighted by Crippen LogP contribution is -2.31. The molecule has 0 amide bonds. The van der Waals surface area contributed by atoms with E-state index >= 15 is 0 Å². The van der Waals surface area contributed by atoms with Crippen LogP contribution >= 0.6 is 0 Å². The van der Waals surface area contributed by atoms with Crippen molar-refractivity contribution in [3.63, 3.8) is 0 Å². The van der Waals surface area contributed by atoms with Crippen molar-refractivity contribution in [2.24, 2.45) is 0 Å². The number of nitrogens with zero attached hydrogens (tertiary/aromatic N) is 4. The lowest BCUT2D eigenvalue weighted by atomic mass is 10.0. The molecule has 1 aliphatic rings. The van der Waals surface area contributed by atoms with E-state index < -0.39 is 27.7 Å². The predicted octanol–water partition coefficient (Wildman–Crippen LogP) is 3.55. The lowest BCUT2D eigenvalue weighted by molar-refractivity contribution is 0.386. The van der Waals surface area contributed by atoms with Gasteiger partial charge in [-0.15, -0.1) is 0 Å². The van der Waals surface area contributed by atoms with E-state index in [0.717, 1.165) is 12.1 Å². The van der Waals surface area contributed by atoms with Gasteiger partial charge in [0, 0.05) is 18.8 Å². The van der Waals surface area contributed by atoms with Crippen LogP contribution in [0, 0.1) is 25.5 Å².